The van der Waals surface area contributed by atoms with E-state index in [1.807, 2.05) is 24.3 Å². The Balaban J connectivity index is 2.08. The molecule has 2 rings (SSSR count). The normalized spacial score (nSPS) is 12.5. The molecule has 0 aliphatic rings. The number of primary amides is 1. The summed E-state index contributed by atoms with van der Waals surface area (Å²) in [5.74, 6) is -0.878. The van der Waals surface area contributed by atoms with Gasteiger partial charge in [-0.05, 0) is 47.7 Å². The highest BCUT2D eigenvalue weighted by atomic mass is 16.2. The average molecular weight is 324 g/mol. The Morgan fingerprint density at radius 3 is 1.96 bits per heavy atom. The maximum absolute atomic E-state index is 12.3. The molecule has 126 valence electrons. The van der Waals surface area contributed by atoms with Crippen molar-refractivity contribution in [1.82, 2.24) is 0 Å². The molecule has 0 aliphatic heterocycles. The minimum Gasteiger partial charge on any atom is -0.369 e. The number of amides is 2. The Hall–Kier alpha value is -2.62. The predicted octanol–water partition coefficient (Wildman–Crippen LogP) is 3.83. The van der Waals surface area contributed by atoms with Crippen molar-refractivity contribution in [1.29, 1.82) is 0 Å². The first-order chi connectivity index (χ1) is 11.2. The van der Waals surface area contributed by atoms with Crippen molar-refractivity contribution < 1.29 is 9.59 Å². The molecule has 24 heavy (non-hydrogen) atoms. The number of carbonyl (C=O) groups excluding carboxylic acids is 2. The lowest BCUT2D eigenvalue weighted by atomic mass is 9.87. The fourth-order valence-electron chi connectivity index (χ4n) is 2.34. The molecular formula is C20H24N2O2. The van der Waals surface area contributed by atoms with Crippen LogP contribution in [0.2, 0.25) is 0 Å². The van der Waals surface area contributed by atoms with Crippen molar-refractivity contribution in [3.8, 4) is 0 Å². The third-order valence-electron chi connectivity index (χ3n) is 4.11. The fraction of sp³-hybridized carbons (Fsp3) is 0.300. The number of nitrogens with two attached hydrogens (primary N) is 1. The fourth-order valence-corrected chi connectivity index (χ4v) is 2.34. The summed E-state index contributed by atoms with van der Waals surface area (Å²) in [7, 11) is 0. The van der Waals surface area contributed by atoms with E-state index in [2.05, 4.69) is 26.1 Å². The highest BCUT2D eigenvalue weighted by Gasteiger charge is 2.15. The Labute approximate surface area is 143 Å². The van der Waals surface area contributed by atoms with E-state index in [0.29, 0.717) is 11.3 Å². The van der Waals surface area contributed by atoms with E-state index in [-0.39, 0.29) is 23.1 Å². The lowest BCUT2D eigenvalue weighted by Gasteiger charge is -2.19. The van der Waals surface area contributed by atoms with Gasteiger partial charge in [0.25, 0.3) is 5.91 Å². The second-order valence-corrected chi connectivity index (χ2v) is 7.03. The topological polar surface area (TPSA) is 72.2 Å². The van der Waals surface area contributed by atoms with E-state index in [9.17, 15) is 9.59 Å². The first kappa shape index (κ1) is 17.7. The van der Waals surface area contributed by atoms with Crippen molar-refractivity contribution in [2.24, 2.45) is 5.73 Å². The predicted molar refractivity (Wildman–Crippen MR) is 97.1 cm³/mol. The molecule has 0 radical (unpaired) electrons. The number of carbonyl (C=O) groups is 2. The molecule has 2 amide bonds. The van der Waals surface area contributed by atoms with Crippen LogP contribution in [0.4, 0.5) is 5.69 Å². The van der Waals surface area contributed by atoms with E-state index >= 15 is 0 Å². The molecule has 0 heterocycles. The van der Waals surface area contributed by atoms with Crippen molar-refractivity contribution in [3.05, 3.63) is 65.2 Å². The van der Waals surface area contributed by atoms with Crippen LogP contribution in [-0.4, -0.2) is 11.8 Å². The summed E-state index contributed by atoms with van der Waals surface area (Å²) in [6.45, 7) is 8.16. The van der Waals surface area contributed by atoms with E-state index < -0.39 is 0 Å². The summed E-state index contributed by atoms with van der Waals surface area (Å²) in [5, 5.41) is 2.86. The zero-order valence-electron chi connectivity index (χ0n) is 14.6. The highest BCUT2D eigenvalue weighted by molar-refractivity contribution is 6.04. The second kappa shape index (κ2) is 6.87. The van der Waals surface area contributed by atoms with Gasteiger partial charge in [0.1, 0.15) is 0 Å². The number of hydrogen-bond donors (Lipinski definition) is 2. The highest BCUT2D eigenvalue weighted by Crippen LogP contribution is 2.23. The van der Waals surface area contributed by atoms with Crippen LogP contribution < -0.4 is 11.1 Å². The summed E-state index contributed by atoms with van der Waals surface area (Å²) in [6.07, 6.45) is 0. The number of rotatable bonds is 4. The molecule has 0 aliphatic carbocycles. The Kier molecular flexibility index (Phi) is 5.07. The molecule has 0 aromatic heterocycles. The standard InChI is InChI=1S/C20H24N2O2/c1-13(18(21)23)14-7-11-17(12-8-14)22-19(24)15-5-9-16(10-6-15)20(2,3)4/h5-13H,1-4H3,(H2,21,23)(H,22,24). The average Bonchev–Trinajstić information content (AvgIpc) is 2.54. The monoisotopic (exact) mass is 324 g/mol. The number of benzene rings is 2. The van der Waals surface area contributed by atoms with Gasteiger partial charge in [0.05, 0.1) is 5.92 Å². The third kappa shape index (κ3) is 4.22. The van der Waals surface area contributed by atoms with Crippen LogP contribution in [0.5, 0.6) is 0 Å². The molecule has 0 saturated heterocycles. The maximum atomic E-state index is 12.3. The van der Waals surface area contributed by atoms with Gasteiger partial charge >= 0.3 is 0 Å². The lowest BCUT2D eigenvalue weighted by Crippen LogP contribution is -2.18. The van der Waals surface area contributed by atoms with Crippen LogP contribution in [0.3, 0.4) is 0 Å². The SMILES string of the molecule is CC(C(N)=O)c1ccc(NC(=O)c2ccc(C(C)(C)C)cc2)cc1. The summed E-state index contributed by atoms with van der Waals surface area (Å²) in [6, 6.07) is 14.8. The zero-order valence-corrected chi connectivity index (χ0v) is 14.6. The van der Waals surface area contributed by atoms with Gasteiger partial charge in [-0.15, -0.1) is 0 Å². The van der Waals surface area contributed by atoms with E-state index in [1.165, 1.54) is 5.56 Å². The van der Waals surface area contributed by atoms with Crippen molar-refractivity contribution in [2.75, 3.05) is 5.32 Å². The van der Waals surface area contributed by atoms with E-state index in [0.717, 1.165) is 5.56 Å². The molecule has 0 fully saturated rings. The summed E-state index contributed by atoms with van der Waals surface area (Å²) >= 11 is 0. The van der Waals surface area contributed by atoms with Crippen LogP contribution in [-0.2, 0) is 10.2 Å². The minimum absolute atomic E-state index is 0.0575. The number of anilines is 1. The van der Waals surface area contributed by atoms with Crippen LogP contribution in [0, 0.1) is 0 Å². The van der Waals surface area contributed by atoms with Gasteiger partial charge in [0.2, 0.25) is 5.91 Å². The lowest BCUT2D eigenvalue weighted by molar-refractivity contribution is -0.119. The maximum Gasteiger partial charge on any atom is 0.255 e. The first-order valence-electron chi connectivity index (χ1n) is 7.99. The van der Waals surface area contributed by atoms with Crippen molar-refractivity contribution >= 4 is 17.5 Å². The molecule has 2 aromatic rings. The Morgan fingerprint density at radius 1 is 0.958 bits per heavy atom. The van der Waals surface area contributed by atoms with E-state index in [4.69, 9.17) is 5.73 Å². The van der Waals surface area contributed by atoms with Crippen molar-refractivity contribution in [3.63, 3.8) is 0 Å². The van der Waals surface area contributed by atoms with Crippen LogP contribution >= 0.6 is 0 Å². The van der Waals surface area contributed by atoms with Gasteiger partial charge < -0.3 is 11.1 Å². The zero-order chi connectivity index (χ0) is 17.9. The van der Waals surface area contributed by atoms with Gasteiger partial charge in [-0.2, -0.15) is 0 Å². The molecule has 0 saturated carbocycles. The Morgan fingerprint density at radius 2 is 1.50 bits per heavy atom. The summed E-state index contributed by atoms with van der Waals surface area (Å²) in [5.41, 5.74) is 8.66. The molecule has 1 atom stereocenters. The summed E-state index contributed by atoms with van der Waals surface area (Å²) in [4.78, 5) is 23.5. The van der Waals surface area contributed by atoms with Gasteiger partial charge in [-0.1, -0.05) is 45.0 Å². The third-order valence-corrected chi connectivity index (χ3v) is 4.11. The molecule has 4 heteroatoms. The molecule has 4 nitrogen and oxygen atoms in total. The van der Waals surface area contributed by atoms with Crippen molar-refractivity contribution in [2.45, 2.75) is 39.0 Å². The minimum atomic E-state index is -0.370. The first-order valence-corrected chi connectivity index (χ1v) is 7.99. The molecule has 0 bridgehead atoms. The quantitative estimate of drug-likeness (QED) is 0.897. The van der Waals surface area contributed by atoms with Gasteiger partial charge in [-0.3, -0.25) is 9.59 Å². The second-order valence-electron chi connectivity index (χ2n) is 7.03. The summed E-state index contributed by atoms with van der Waals surface area (Å²) < 4.78 is 0. The number of hydrogen-bond acceptors (Lipinski definition) is 2. The largest absolute Gasteiger partial charge is 0.369 e. The smallest absolute Gasteiger partial charge is 0.255 e. The molecule has 0 spiro atoms. The van der Waals surface area contributed by atoms with Gasteiger partial charge in [-0.25, -0.2) is 0 Å². The van der Waals surface area contributed by atoms with Crippen LogP contribution in [0.1, 0.15) is 55.1 Å². The van der Waals surface area contributed by atoms with Gasteiger partial charge in [0, 0.05) is 11.3 Å². The van der Waals surface area contributed by atoms with E-state index in [1.54, 1.807) is 31.2 Å². The molecule has 2 aromatic carbocycles. The number of nitrogens with one attached hydrogen (secondary N) is 1. The Bertz CT molecular complexity index is 726. The molecular weight excluding hydrogens is 300 g/mol. The molecule has 3 N–H and O–H groups in total. The van der Waals surface area contributed by atoms with Crippen LogP contribution in [0.25, 0.3) is 0 Å². The van der Waals surface area contributed by atoms with Crippen LogP contribution in [0.15, 0.2) is 48.5 Å². The molecule has 1 unspecified atom stereocenters. The van der Waals surface area contributed by atoms with Gasteiger partial charge in [0.15, 0.2) is 0 Å².